The fourth-order valence-corrected chi connectivity index (χ4v) is 8.55. The van der Waals surface area contributed by atoms with Gasteiger partial charge in [0.1, 0.15) is 13.2 Å². The summed E-state index contributed by atoms with van der Waals surface area (Å²) in [7, 11) is 0. The van der Waals surface area contributed by atoms with Crippen LogP contribution in [0.1, 0.15) is 278 Å². The van der Waals surface area contributed by atoms with E-state index < -0.39 is 12.1 Å². The molecule has 0 N–H and O–H groups in total. The van der Waals surface area contributed by atoms with E-state index in [9.17, 15) is 14.4 Å². The molecular formula is C73H118O6. The van der Waals surface area contributed by atoms with Gasteiger partial charge in [0.05, 0.1) is 0 Å². The summed E-state index contributed by atoms with van der Waals surface area (Å²) >= 11 is 0. The van der Waals surface area contributed by atoms with Crippen LogP contribution in [0, 0.1) is 0 Å². The Morgan fingerprint density at radius 3 is 0.835 bits per heavy atom. The molecule has 0 spiro atoms. The summed E-state index contributed by atoms with van der Waals surface area (Å²) in [5, 5.41) is 0. The third-order valence-corrected chi connectivity index (χ3v) is 13.3. The number of rotatable bonds is 57. The number of esters is 3. The summed E-state index contributed by atoms with van der Waals surface area (Å²) in [6, 6.07) is 0. The highest BCUT2D eigenvalue weighted by Crippen LogP contribution is 2.15. The molecule has 0 saturated heterocycles. The molecule has 0 aliphatic rings. The largest absolute Gasteiger partial charge is 0.462 e. The van der Waals surface area contributed by atoms with Gasteiger partial charge in [0, 0.05) is 19.3 Å². The van der Waals surface area contributed by atoms with E-state index in [1.165, 1.54) is 116 Å². The van der Waals surface area contributed by atoms with Crippen LogP contribution in [0.4, 0.5) is 0 Å². The van der Waals surface area contributed by atoms with Gasteiger partial charge in [0.25, 0.3) is 0 Å². The average molecular weight is 1090 g/mol. The van der Waals surface area contributed by atoms with E-state index in [2.05, 4.69) is 161 Å². The van der Waals surface area contributed by atoms with Crippen LogP contribution in [-0.2, 0) is 28.6 Å². The van der Waals surface area contributed by atoms with Crippen LogP contribution in [-0.4, -0.2) is 37.2 Å². The fraction of sp³-hybridized carbons (Fsp3) is 0.630. The van der Waals surface area contributed by atoms with Crippen molar-refractivity contribution in [2.24, 2.45) is 0 Å². The van der Waals surface area contributed by atoms with Gasteiger partial charge in [-0.2, -0.15) is 0 Å². The maximum Gasteiger partial charge on any atom is 0.306 e. The number of carbonyl (C=O) groups is 3. The van der Waals surface area contributed by atoms with Crippen molar-refractivity contribution in [3.63, 3.8) is 0 Å². The van der Waals surface area contributed by atoms with Crippen LogP contribution < -0.4 is 0 Å². The van der Waals surface area contributed by atoms with Crippen molar-refractivity contribution in [1.29, 1.82) is 0 Å². The first-order valence-electron chi connectivity index (χ1n) is 32.3. The van der Waals surface area contributed by atoms with Gasteiger partial charge >= 0.3 is 17.9 Å². The molecular weight excluding hydrogens is 973 g/mol. The first-order valence-corrected chi connectivity index (χ1v) is 32.3. The van der Waals surface area contributed by atoms with E-state index in [1.807, 2.05) is 6.08 Å². The van der Waals surface area contributed by atoms with Gasteiger partial charge < -0.3 is 14.2 Å². The second-order valence-electron chi connectivity index (χ2n) is 20.9. The number of hydrogen-bond donors (Lipinski definition) is 0. The maximum atomic E-state index is 12.9. The second kappa shape index (κ2) is 65.8. The Morgan fingerprint density at radius 1 is 0.266 bits per heavy atom. The molecule has 1 atom stereocenters. The Kier molecular flexibility index (Phi) is 61.9. The molecule has 446 valence electrons. The van der Waals surface area contributed by atoms with E-state index in [4.69, 9.17) is 14.2 Å². The summed E-state index contributed by atoms with van der Waals surface area (Å²) in [6.07, 6.45) is 94.3. The van der Waals surface area contributed by atoms with Crippen LogP contribution in [0.5, 0.6) is 0 Å². The molecule has 79 heavy (non-hydrogen) atoms. The van der Waals surface area contributed by atoms with Crippen molar-refractivity contribution in [2.75, 3.05) is 13.2 Å². The van der Waals surface area contributed by atoms with E-state index in [-0.39, 0.29) is 31.6 Å². The number of allylic oxidation sites excluding steroid dienone is 24. The van der Waals surface area contributed by atoms with Crippen molar-refractivity contribution >= 4 is 17.9 Å². The molecule has 0 fully saturated rings. The molecule has 1 unspecified atom stereocenters. The quantitative estimate of drug-likeness (QED) is 0.0261. The van der Waals surface area contributed by atoms with Crippen LogP contribution in [0.3, 0.4) is 0 Å². The lowest BCUT2D eigenvalue weighted by atomic mass is 10.1. The van der Waals surface area contributed by atoms with E-state index in [0.717, 1.165) is 116 Å². The van der Waals surface area contributed by atoms with Gasteiger partial charge in [-0.3, -0.25) is 14.4 Å². The zero-order valence-corrected chi connectivity index (χ0v) is 51.1. The van der Waals surface area contributed by atoms with Crippen molar-refractivity contribution < 1.29 is 28.6 Å². The van der Waals surface area contributed by atoms with Gasteiger partial charge in [0.2, 0.25) is 0 Å². The summed E-state index contributed by atoms with van der Waals surface area (Å²) < 4.78 is 16.9. The molecule has 0 aromatic rings. The minimum Gasteiger partial charge on any atom is -0.462 e. The smallest absolute Gasteiger partial charge is 0.306 e. The third-order valence-electron chi connectivity index (χ3n) is 13.3. The lowest BCUT2D eigenvalue weighted by Gasteiger charge is -2.18. The first kappa shape index (κ1) is 74.3. The van der Waals surface area contributed by atoms with Gasteiger partial charge in [-0.25, -0.2) is 0 Å². The second-order valence-corrected chi connectivity index (χ2v) is 20.9. The predicted molar refractivity (Wildman–Crippen MR) is 343 cm³/mol. The van der Waals surface area contributed by atoms with Crippen molar-refractivity contribution in [2.45, 2.75) is 284 Å². The summed E-state index contributed by atoms with van der Waals surface area (Å²) in [6.45, 7) is 6.35. The Bertz CT molecular complexity index is 1730. The first-order chi connectivity index (χ1) is 39.0. The van der Waals surface area contributed by atoms with Gasteiger partial charge in [0.15, 0.2) is 6.10 Å². The topological polar surface area (TPSA) is 78.9 Å². The van der Waals surface area contributed by atoms with Crippen molar-refractivity contribution in [3.05, 3.63) is 146 Å². The Hall–Kier alpha value is -4.71. The highest BCUT2D eigenvalue weighted by atomic mass is 16.6. The molecule has 6 nitrogen and oxygen atoms in total. The molecule has 0 aromatic carbocycles. The molecule has 0 radical (unpaired) electrons. The minimum atomic E-state index is -0.830. The van der Waals surface area contributed by atoms with Crippen LogP contribution >= 0.6 is 0 Å². The standard InChI is InChI=1S/C73H118O6/c1-4-7-10-13-16-19-22-25-28-31-33-34-35-36-37-38-40-42-45-48-51-54-57-60-63-66-72(75)78-69-70(68-77-71(74)65-62-59-56-53-50-47-44-41-30-27-24-21-18-15-12-9-6-3)79-73(76)67-64-61-58-55-52-49-46-43-39-32-29-26-23-20-17-14-11-8-5-2/h7-8,10-11,16-17,19-20,25-30,33-34,36-37,39,43,49,52,58,61,70H,4-6,9,12-15,18,21-24,31-32,35,38,40-42,44-48,50-51,53-57,59-60,62-69H2,1-3H3/b10-7-,11-8-,19-16-,20-17-,28-25-,29-26-,30-27-,34-33-,37-36-,43-39-,52-49-,61-58-. The minimum absolute atomic E-state index is 0.117. The average Bonchev–Trinajstić information content (AvgIpc) is 3.45. The Balaban J connectivity index is 4.49. The molecule has 0 saturated carbocycles. The molecule has 0 bridgehead atoms. The molecule has 0 amide bonds. The molecule has 0 aliphatic carbocycles. The molecule has 0 heterocycles. The lowest BCUT2D eigenvalue weighted by molar-refractivity contribution is -0.166. The maximum absolute atomic E-state index is 12.9. The Morgan fingerprint density at radius 2 is 0.519 bits per heavy atom. The van der Waals surface area contributed by atoms with E-state index in [0.29, 0.717) is 19.3 Å². The van der Waals surface area contributed by atoms with Crippen molar-refractivity contribution in [1.82, 2.24) is 0 Å². The van der Waals surface area contributed by atoms with Crippen molar-refractivity contribution in [3.8, 4) is 0 Å². The number of carbonyl (C=O) groups excluding carboxylic acids is 3. The Labute approximate surface area is 487 Å². The fourth-order valence-electron chi connectivity index (χ4n) is 8.55. The number of ether oxygens (including phenoxy) is 3. The number of hydrogen-bond acceptors (Lipinski definition) is 6. The highest BCUT2D eigenvalue weighted by Gasteiger charge is 2.19. The van der Waals surface area contributed by atoms with Crippen LogP contribution in [0.15, 0.2) is 146 Å². The third kappa shape index (κ3) is 64.0. The summed E-state index contributed by atoms with van der Waals surface area (Å²) in [5.41, 5.74) is 0. The molecule has 0 rings (SSSR count). The molecule has 6 heteroatoms. The summed E-state index contributed by atoms with van der Waals surface area (Å²) in [5.74, 6) is -1.01. The highest BCUT2D eigenvalue weighted by molar-refractivity contribution is 5.71. The van der Waals surface area contributed by atoms with Crippen LogP contribution in [0.25, 0.3) is 0 Å². The summed E-state index contributed by atoms with van der Waals surface area (Å²) in [4.78, 5) is 38.3. The zero-order chi connectivity index (χ0) is 57.1. The molecule has 0 aromatic heterocycles. The number of unbranched alkanes of at least 4 members (excludes halogenated alkanes) is 22. The van der Waals surface area contributed by atoms with Gasteiger partial charge in [-0.1, -0.05) is 276 Å². The van der Waals surface area contributed by atoms with Gasteiger partial charge in [-0.05, 0) is 128 Å². The SMILES string of the molecule is CC/C=C\C/C=C\C/C=C\C/C=C\C/C=C\C/C=C\CCC(=O)OC(COC(=O)CCCCCCCCC/C=C\CCCCCCCC)COC(=O)CCCCCCCCCCC/C=C\C/C=C\C/C=C\C/C=C\C/C=C\CC. The van der Waals surface area contributed by atoms with Gasteiger partial charge in [-0.15, -0.1) is 0 Å². The zero-order valence-electron chi connectivity index (χ0n) is 51.1. The van der Waals surface area contributed by atoms with Crippen LogP contribution in [0.2, 0.25) is 0 Å². The monoisotopic (exact) mass is 1090 g/mol. The molecule has 0 aliphatic heterocycles. The normalized spacial score (nSPS) is 13.1. The van der Waals surface area contributed by atoms with E-state index in [1.54, 1.807) is 0 Å². The van der Waals surface area contributed by atoms with E-state index >= 15 is 0 Å². The lowest BCUT2D eigenvalue weighted by Crippen LogP contribution is -2.30. The predicted octanol–water partition coefficient (Wildman–Crippen LogP) is 22.3.